The van der Waals surface area contributed by atoms with Gasteiger partial charge in [0.1, 0.15) is 11.7 Å². The molecule has 6 rings (SSSR count). The second-order valence-corrected chi connectivity index (χ2v) is 10.4. The maximum absolute atomic E-state index is 13.3. The molecule has 1 saturated carbocycles. The van der Waals surface area contributed by atoms with Crippen LogP contribution in [-0.2, 0) is 11.8 Å². The highest BCUT2D eigenvalue weighted by atomic mass is 19.1. The number of likely N-dealkylation sites (tertiary alicyclic amines) is 1. The maximum Gasteiger partial charge on any atom is 0.330 e. The van der Waals surface area contributed by atoms with Crippen molar-refractivity contribution in [1.29, 1.82) is 0 Å². The Morgan fingerprint density at radius 2 is 1.97 bits per heavy atom. The van der Waals surface area contributed by atoms with Crippen molar-refractivity contribution in [3.8, 4) is 17.0 Å². The summed E-state index contributed by atoms with van der Waals surface area (Å²) in [5, 5.41) is 9.68. The van der Waals surface area contributed by atoms with Crippen LogP contribution in [0.3, 0.4) is 0 Å². The van der Waals surface area contributed by atoms with Gasteiger partial charge in [-0.2, -0.15) is 0 Å². The number of imidazole rings is 1. The van der Waals surface area contributed by atoms with Crippen LogP contribution in [0.5, 0.6) is 5.88 Å². The van der Waals surface area contributed by atoms with Gasteiger partial charge in [-0.25, -0.2) is 14.2 Å². The third kappa shape index (κ3) is 4.67. The molecule has 3 aromatic heterocycles. The summed E-state index contributed by atoms with van der Waals surface area (Å²) in [5.74, 6) is 0.568. The van der Waals surface area contributed by atoms with Crippen molar-refractivity contribution in [2.24, 2.45) is 7.05 Å². The molecule has 4 heterocycles. The van der Waals surface area contributed by atoms with Gasteiger partial charge < -0.3 is 14.4 Å². The van der Waals surface area contributed by atoms with Crippen molar-refractivity contribution in [2.45, 2.75) is 50.4 Å². The summed E-state index contributed by atoms with van der Waals surface area (Å²) in [7, 11) is 3.48. The number of methoxy groups -OCH3 is 1. The van der Waals surface area contributed by atoms with E-state index in [1.165, 1.54) is 0 Å². The molecule has 2 fully saturated rings. The second kappa shape index (κ2) is 10.4. The summed E-state index contributed by atoms with van der Waals surface area (Å²) in [6.45, 7) is 2.74. The fraction of sp³-hybridized carbons (Fsp3) is 0.500. The second-order valence-electron chi connectivity index (χ2n) is 10.4. The molecular formula is C28H33FN6O3. The van der Waals surface area contributed by atoms with Crippen LogP contribution in [-0.4, -0.2) is 74.8 Å². The standard InChI is InChI=1S/C28H33FN6O3/c1-33-27-26(35(28(33)36)21-6-7-22(15-21)37-2)23-14-18(4-8-24(23)31-32-27)19-5-9-25(30-16-19)38-13-3-11-34-12-10-20(29)17-34/h4-5,8-9,14,16,20-22H,3,6-7,10-13,15,17H2,1-2H3/t20-,21+,22+/m0/s1. The Hall–Kier alpha value is -3.37. The number of benzene rings is 1. The monoisotopic (exact) mass is 520 g/mol. The molecule has 3 atom stereocenters. The largest absolute Gasteiger partial charge is 0.478 e. The number of fused-ring (bicyclic) bond motifs is 3. The third-order valence-electron chi connectivity index (χ3n) is 7.98. The molecule has 38 heavy (non-hydrogen) atoms. The highest BCUT2D eigenvalue weighted by Gasteiger charge is 2.30. The molecule has 0 amide bonds. The van der Waals surface area contributed by atoms with Crippen molar-refractivity contribution < 1.29 is 13.9 Å². The number of aryl methyl sites for hydroxylation is 1. The van der Waals surface area contributed by atoms with Gasteiger partial charge in [0.25, 0.3) is 0 Å². The molecule has 1 aliphatic heterocycles. The molecule has 0 spiro atoms. The highest BCUT2D eigenvalue weighted by molar-refractivity contribution is 6.02. The lowest BCUT2D eigenvalue weighted by atomic mass is 10.0. The molecule has 1 saturated heterocycles. The molecule has 4 aromatic rings. The first kappa shape index (κ1) is 24.9. The minimum atomic E-state index is -0.691. The van der Waals surface area contributed by atoms with Crippen LogP contribution in [0.2, 0.25) is 0 Å². The smallest absolute Gasteiger partial charge is 0.330 e. The zero-order valence-corrected chi connectivity index (χ0v) is 21.8. The van der Waals surface area contributed by atoms with Crippen molar-refractivity contribution in [2.75, 3.05) is 33.4 Å². The topological polar surface area (TPSA) is 87.3 Å². The molecule has 0 radical (unpaired) electrons. The maximum atomic E-state index is 13.3. The van der Waals surface area contributed by atoms with E-state index in [-0.39, 0.29) is 17.8 Å². The number of ether oxygens (including phenoxy) is 2. The van der Waals surface area contributed by atoms with E-state index < -0.39 is 6.17 Å². The Balaban J connectivity index is 1.24. The zero-order chi connectivity index (χ0) is 26.2. The van der Waals surface area contributed by atoms with E-state index in [2.05, 4.69) is 26.1 Å². The van der Waals surface area contributed by atoms with Crippen LogP contribution in [0.1, 0.15) is 38.1 Å². The van der Waals surface area contributed by atoms with E-state index in [0.717, 1.165) is 66.3 Å². The predicted octanol–water partition coefficient (Wildman–Crippen LogP) is 3.90. The molecule has 10 heteroatoms. The minimum absolute atomic E-state index is 0.0641. The minimum Gasteiger partial charge on any atom is -0.478 e. The average molecular weight is 521 g/mol. The quantitative estimate of drug-likeness (QED) is 0.326. The molecule has 1 aliphatic carbocycles. The Kier molecular flexibility index (Phi) is 6.84. The predicted molar refractivity (Wildman–Crippen MR) is 143 cm³/mol. The number of hydrogen-bond donors (Lipinski definition) is 0. The average Bonchev–Trinajstić information content (AvgIpc) is 3.65. The number of aromatic nitrogens is 5. The van der Waals surface area contributed by atoms with Gasteiger partial charge in [0.2, 0.25) is 5.88 Å². The van der Waals surface area contributed by atoms with Crippen molar-refractivity contribution in [3.05, 3.63) is 47.0 Å². The Morgan fingerprint density at radius 1 is 1.11 bits per heavy atom. The number of rotatable bonds is 8. The Bertz CT molecular complexity index is 1500. The van der Waals surface area contributed by atoms with Crippen LogP contribution in [0.15, 0.2) is 41.3 Å². The van der Waals surface area contributed by atoms with Gasteiger partial charge in [-0.05, 0) is 55.9 Å². The normalized spacial score (nSPS) is 22.1. The van der Waals surface area contributed by atoms with E-state index >= 15 is 0 Å². The van der Waals surface area contributed by atoms with Gasteiger partial charge in [0.05, 0.1) is 18.2 Å². The first-order valence-electron chi connectivity index (χ1n) is 13.4. The summed E-state index contributed by atoms with van der Waals surface area (Å²) in [4.78, 5) is 19.9. The SMILES string of the molecule is CO[C@@H]1CC[C@@H](n2c(=O)n(C)c3nnc4ccc(-c5ccc(OCCCN6CC[C@H](F)C6)nc5)cc4c32)C1. The van der Waals surface area contributed by atoms with Crippen LogP contribution >= 0.6 is 0 Å². The molecule has 0 bridgehead atoms. The van der Waals surface area contributed by atoms with E-state index in [1.54, 1.807) is 24.9 Å². The van der Waals surface area contributed by atoms with Gasteiger partial charge in [-0.1, -0.05) is 6.07 Å². The summed E-state index contributed by atoms with van der Waals surface area (Å²) >= 11 is 0. The van der Waals surface area contributed by atoms with Gasteiger partial charge in [-0.15, -0.1) is 10.2 Å². The van der Waals surface area contributed by atoms with Crippen molar-refractivity contribution >= 4 is 22.1 Å². The lowest BCUT2D eigenvalue weighted by Crippen LogP contribution is -2.25. The van der Waals surface area contributed by atoms with E-state index in [1.807, 2.05) is 28.8 Å². The first-order valence-corrected chi connectivity index (χ1v) is 13.4. The van der Waals surface area contributed by atoms with Gasteiger partial charge >= 0.3 is 5.69 Å². The van der Waals surface area contributed by atoms with Crippen LogP contribution < -0.4 is 10.4 Å². The number of nitrogens with zero attached hydrogens (tertiary/aromatic N) is 6. The first-order chi connectivity index (χ1) is 18.5. The van der Waals surface area contributed by atoms with Gasteiger partial charge in [-0.3, -0.25) is 9.13 Å². The number of alkyl halides is 1. The van der Waals surface area contributed by atoms with E-state index in [4.69, 9.17) is 9.47 Å². The van der Waals surface area contributed by atoms with E-state index in [9.17, 15) is 9.18 Å². The highest BCUT2D eigenvalue weighted by Crippen LogP contribution is 2.35. The molecule has 9 nitrogen and oxygen atoms in total. The van der Waals surface area contributed by atoms with Crippen LogP contribution in [0.25, 0.3) is 33.2 Å². The molecule has 0 N–H and O–H groups in total. The van der Waals surface area contributed by atoms with Gasteiger partial charge in [0.15, 0.2) is 5.65 Å². The lowest BCUT2D eigenvalue weighted by molar-refractivity contribution is 0.106. The molecule has 200 valence electrons. The molecular weight excluding hydrogens is 487 g/mol. The van der Waals surface area contributed by atoms with Crippen LogP contribution in [0, 0.1) is 0 Å². The van der Waals surface area contributed by atoms with E-state index in [0.29, 0.717) is 31.1 Å². The Morgan fingerprint density at radius 3 is 2.71 bits per heavy atom. The number of pyridine rings is 1. The summed E-state index contributed by atoms with van der Waals surface area (Å²) in [5.41, 5.74) is 3.98. The molecule has 0 unspecified atom stereocenters. The molecule has 1 aromatic carbocycles. The number of hydrogen-bond acceptors (Lipinski definition) is 7. The molecule has 2 aliphatic rings. The van der Waals surface area contributed by atoms with Gasteiger partial charge in [0, 0.05) is 63.0 Å². The fourth-order valence-electron chi connectivity index (χ4n) is 5.87. The van der Waals surface area contributed by atoms with Crippen LogP contribution in [0.4, 0.5) is 4.39 Å². The fourth-order valence-corrected chi connectivity index (χ4v) is 5.87. The van der Waals surface area contributed by atoms with Crippen molar-refractivity contribution in [1.82, 2.24) is 29.2 Å². The van der Waals surface area contributed by atoms with Crippen molar-refractivity contribution in [3.63, 3.8) is 0 Å². The number of halogens is 1. The third-order valence-corrected chi connectivity index (χ3v) is 7.98. The summed E-state index contributed by atoms with van der Waals surface area (Å²) in [6.07, 6.45) is 5.37. The zero-order valence-electron chi connectivity index (χ0n) is 21.8. The lowest BCUT2D eigenvalue weighted by Gasteiger charge is -2.14. The Labute approximate surface area is 220 Å². The summed E-state index contributed by atoms with van der Waals surface area (Å²) < 4.78 is 28.2. The summed E-state index contributed by atoms with van der Waals surface area (Å²) in [6, 6.07) is 9.93.